The highest BCUT2D eigenvalue weighted by Crippen LogP contribution is 2.26. The topological polar surface area (TPSA) is 67.8 Å². The van der Waals surface area contributed by atoms with Gasteiger partial charge in [-0.15, -0.1) is 5.10 Å². The van der Waals surface area contributed by atoms with Gasteiger partial charge in [0, 0.05) is 5.41 Å². The van der Waals surface area contributed by atoms with Crippen LogP contribution in [0, 0.1) is 6.92 Å². The number of nitrogens with zero attached hydrogens (tertiary/aromatic N) is 3. The van der Waals surface area contributed by atoms with Gasteiger partial charge in [0.2, 0.25) is 0 Å². The number of halogens is 1. The molecule has 0 saturated heterocycles. The third-order valence-corrected chi connectivity index (χ3v) is 4.23. The number of aromatic nitrogens is 3. The Bertz CT molecular complexity index is 648. The van der Waals surface area contributed by atoms with Crippen LogP contribution in [0.4, 0.5) is 5.69 Å². The summed E-state index contributed by atoms with van der Waals surface area (Å²) >= 11 is 4.44. The van der Waals surface area contributed by atoms with E-state index in [1.165, 1.54) is 0 Å². The first kappa shape index (κ1) is 15.1. The average molecular weight is 355 g/mol. The van der Waals surface area contributed by atoms with Crippen molar-refractivity contribution < 1.29 is 4.79 Å². The van der Waals surface area contributed by atoms with Crippen LogP contribution in [0.3, 0.4) is 0 Å². The fourth-order valence-corrected chi connectivity index (χ4v) is 2.63. The number of pyridine rings is 1. The summed E-state index contributed by atoms with van der Waals surface area (Å²) in [5.74, 6) is -0.201. The first-order valence-corrected chi connectivity index (χ1v) is 7.62. The van der Waals surface area contributed by atoms with Crippen molar-refractivity contribution >= 4 is 39.1 Å². The summed E-state index contributed by atoms with van der Waals surface area (Å²) < 4.78 is 4.66. The number of rotatable bonds is 2. The summed E-state index contributed by atoms with van der Waals surface area (Å²) in [6.45, 7) is 7.94. The molecule has 1 N–H and O–H groups in total. The Morgan fingerprint density at radius 2 is 2.10 bits per heavy atom. The lowest BCUT2D eigenvalue weighted by Crippen LogP contribution is -2.20. The van der Waals surface area contributed by atoms with Crippen LogP contribution < -0.4 is 5.32 Å². The third kappa shape index (κ3) is 3.21. The van der Waals surface area contributed by atoms with Gasteiger partial charge in [-0.3, -0.25) is 4.79 Å². The summed E-state index contributed by atoms with van der Waals surface area (Å²) in [5.41, 5.74) is 2.11. The Labute approximate surface area is 130 Å². The molecular formula is C13H15BrN4OS. The zero-order chi connectivity index (χ0) is 14.9. The van der Waals surface area contributed by atoms with Gasteiger partial charge in [-0.25, -0.2) is 4.98 Å². The van der Waals surface area contributed by atoms with Crippen molar-refractivity contribution in [1.29, 1.82) is 0 Å². The zero-order valence-electron chi connectivity index (χ0n) is 11.7. The first-order chi connectivity index (χ1) is 9.29. The molecular weight excluding hydrogens is 340 g/mol. The van der Waals surface area contributed by atoms with Crippen molar-refractivity contribution in [3.8, 4) is 0 Å². The molecule has 2 heterocycles. The van der Waals surface area contributed by atoms with Crippen molar-refractivity contribution in [1.82, 2.24) is 14.6 Å². The van der Waals surface area contributed by atoms with Crippen LogP contribution in [0.2, 0.25) is 0 Å². The predicted octanol–water partition coefficient (Wildman–Crippen LogP) is 3.55. The van der Waals surface area contributed by atoms with Crippen LogP contribution in [0.5, 0.6) is 0 Å². The molecule has 0 aliphatic rings. The minimum Gasteiger partial charge on any atom is -0.320 e. The molecule has 0 aromatic carbocycles. The SMILES string of the molecule is Cc1cc(NC(=O)c2snnc2C(C)(C)C)cnc1Br. The van der Waals surface area contributed by atoms with Gasteiger partial charge in [0.15, 0.2) is 0 Å². The standard InChI is InChI=1S/C13H15BrN4OS/c1-7-5-8(6-15-11(7)14)16-12(19)9-10(13(2,3)4)17-18-20-9/h5-6H,1-4H3,(H,16,19). The van der Waals surface area contributed by atoms with E-state index >= 15 is 0 Å². The molecule has 0 fully saturated rings. The third-order valence-electron chi connectivity index (χ3n) is 2.68. The van der Waals surface area contributed by atoms with Crippen LogP contribution in [0.25, 0.3) is 0 Å². The largest absolute Gasteiger partial charge is 0.320 e. The maximum Gasteiger partial charge on any atom is 0.269 e. The van der Waals surface area contributed by atoms with E-state index in [2.05, 4.69) is 35.8 Å². The maximum atomic E-state index is 12.3. The molecule has 0 spiro atoms. The molecule has 106 valence electrons. The summed E-state index contributed by atoms with van der Waals surface area (Å²) in [6, 6.07) is 1.86. The molecule has 20 heavy (non-hydrogen) atoms. The predicted molar refractivity (Wildman–Crippen MR) is 83.2 cm³/mol. The van der Waals surface area contributed by atoms with Gasteiger partial charge < -0.3 is 5.32 Å². The molecule has 0 saturated carbocycles. The van der Waals surface area contributed by atoms with Crippen molar-refractivity contribution in [2.24, 2.45) is 0 Å². The Kier molecular flexibility index (Phi) is 4.19. The van der Waals surface area contributed by atoms with Gasteiger partial charge in [0.25, 0.3) is 5.91 Å². The molecule has 0 bridgehead atoms. The van der Waals surface area contributed by atoms with Gasteiger partial charge in [0.1, 0.15) is 9.48 Å². The quantitative estimate of drug-likeness (QED) is 0.837. The molecule has 2 rings (SSSR count). The molecule has 1 amide bonds. The molecule has 7 heteroatoms. The fourth-order valence-electron chi connectivity index (χ4n) is 1.64. The molecule has 0 radical (unpaired) electrons. The highest BCUT2D eigenvalue weighted by Gasteiger charge is 2.26. The second-order valence-corrected chi connectivity index (χ2v) is 6.99. The monoisotopic (exact) mass is 354 g/mol. The van der Waals surface area contributed by atoms with Crippen LogP contribution >= 0.6 is 27.5 Å². The van der Waals surface area contributed by atoms with Crippen molar-refractivity contribution in [2.45, 2.75) is 33.1 Å². The van der Waals surface area contributed by atoms with Crippen LogP contribution in [-0.4, -0.2) is 20.5 Å². The van der Waals surface area contributed by atoms with E-state index in [0.717, 1.165) is 21.7 Å². The summed E-state index contributed by atoms with van der Waals surface area (Å²) in [4.78, 5) is 17.0. The van der Waals surface area contributed by atoms with E-state index in [9.17, 15) is 4.79 Å². The van der Waals surface area contributed by atoms with Gasteiger partial charge in [-0.1, -0.05) is 25.3 Å². The molecule has 0 aliphatic heterocycles. The second-order valence-electron chi connectivity index (χ2n) is 5.49. The molecule has 0 aliphatic carbocycles. The number of carbonyl (C=O) groups is 1. The van der Waals surface area contributed by atoms with E-state index in [-0.39, 0.29) is 11.3 Å². The second kappa shape index (κ2) is 5.57. The number of hydrogen-bond acceptors (Lipinski definition) is 5. The minimum atomic E-state index is -0.215. The van der Waals surface area contributed by atoms with Crippen molar-refractivity contribution in [3.63, 3.8) is 0 Å². The average Bonchev–Trinajstić information content (AvgIpc) is 2.83. The Morgan fingerprint density at radius 3 is 2.70 bits per heavy atom. The normalized spacial score (nSPS) is 11.4. The highest BCUT2D eigenvalue weighted by atomic mass is 79.9. The zero-order valence-corrected chi connectivity index (χ0v) is 14.1. The van der Waals surface area contributed by atoms with Crippen molar-refractivity contribution in [2.75, 3.05) is 5.32 Å². The minimum absolute atomic E-state index is 0.201. The number of nitrogens with one attached hydrogen (secondary N) is 1. The van der Waals surface area contributed by atoms with Gasteiger partial charge >= 0.3 is 0 Å². The fraction of sp³-hybridized carbons (Fsp3) is 0.385. The van der Waals surface area contributed by atoms with Gasteiger partial charge in [0.05, 0.1) is 17.6 Å². The molecule has 5 nitrogen and oxygen atoms in total. The Hall–Kier alpha value is -1.34. The molecule has 0 atom stereocenters. The number of amides is 1. The van der Waals surface area contributed by atoms with E-state index in [1.807, 2.05) is 33.8 Å². The maximum absolute atomic E-state index is 12.3. The van der Waals surface area contributed by atoms with Gasteiger partial charge in [-0.2, -0.15) is 0 Å². The Morgan fingerprint density at radius 1 is 1.40 bits per heavy atom. The number of anilines is 1. The highest BCUT2D eigenvalue weighted by molar-refractivity contribution is 9.10. The van der Waals surface area contributed by atoms with Crippen LogP contribution in [0.1, 0.15) is 41.7 Å². The lowest BCUT2D eigenvalue weighted by molar-refractivity contribution is 0.102. The molecule has 2 aromatic heterocycles. The summed E-state index contributed by atoms with van der Waals surface area (Å²) in [6.07, 6.45) is 1.61. The van der Waals surface area contributed by atoms with Crippen LogP contribution in [0.15, 0.2) is 16.9 Å². The number of aryl methyl sites for hydroxylation is 1. The molecule has 2 aromatic rings. The van der Waals surface area contributed by atoms with Crippen molar-refractivity contribution in [3.05, 3.63) is 33.0 Å². The lowest BCUT2D eigenvalue weighted by Gasteiger charge is -2.16. The summed E-state index contributed by atoms with van der Waals surface area (Å²) in [7, 11) is 0. The van der Waals surface area contributed by atoms with Crippen LogP contribution in [-0.2, 0) is 5.41 Å². The number of carbonyl (C=O) groups excluding carboxylic acids is 1. The van der Waals surface area contributed by atoms with E-state index in [0.29, 0.717) is 16.3 Å². The smallest absolute Gasteiger partial charge is 0.269 e. The Balaban J connectivity index is 2.25. The lowest BCUT2D eigenvalue weighted by atomic mass is 9.91. The van der Waals surface area contributed by atoms with E-state index in [4.69, 9.17) is 0 Å². The molecule has 0 unspecified atom stereocenters. The summed E-state index contributed by atoms with van der Waals surface area (Å²) in [5, 5.41) is 6.90. The first-order valence-electron chi connectivity index (χ1n) is 6.05. The van der Waals surface area contributed by atoms with Gasteiger partial charge in [-0.05, 0) is 46.0 Å². The van der Waals surface area contributed by atoms with E-state index in [1.54, 1.807) is 6.20 Å². The van der Waals surface area contributed by atoms with E-state index < -0.39 is 0 Å². The number of hydrogen-bond donors (Lipinski definition) is 1.